The first-order chi connectivity index (χ1) is 9.86. The monoisotopic (exact) mass is 312 g/mol. The molecule has 116 valence electrons. The zero-order valence-corrected chi connectivity index (χ0v) is 13.2. The lowest BCUT2D eigenvalue weighted by atomic mass is 10.2. The van der Waals surface area contributed by atoms with E-state index in [1.54, 1.807) is 0 Å². The van der Waals surface area contributed by atoms with Gasteiger partial charge in [0.25, 0.3) is 5.91 Å². The predicted molar refractivity (Wildman–Crippen MR) is 78.6 cm³/mol. The fourth-order valence-electron chi connectivity index (χ4n) is 2.27. The summed E-state index contributed by atoms with van der Waals surface area (Å²) in [4.78, 5) is 11.7. The fourth-order valence-corrected chi connectivity index (χ4v) is 3.96. The minimum absolute atomic E-state index is 0.124. The lowest BCUT2D eigenvalue weighted by Gasteiger charge is -2.35. The van der Waals surface area contributed by atoms with Crippen molar-refractivity contribution in [2.24, 2.45) is 0 Å². The molecule has 1 aliphatic rings. The van der Waals surface area contributed by atoms with E-state index < -0.39 is 10.0 Å². The number of benzene rings is 1. The molecule has 1 aliphatic heterocycles. The molecule has 2 rings (SSSR count). The van der Waals surface area contributed by atoms with E-state index in [-0.39, 0.29) is 22.9 Å². The Balaban J connectivity index is 2.28. The van der Waals surface area contributed by atoms with E-state index in [1.165, 1.54) is 35.6 Å². The number of sulfonamides is 1. The molecule has 0 bridgehead atoms. The average molecular weight is 312 g/mol. The molecule has 21 heavy (non-hydrogen) atoms. The normalized spacial score (nSPS) is 23.8. The lowest BCUT2D eigenvalue weighted by Crippen LogP contribution is -2.50. The summed E-state index contributed by atoms with van der Waals surface area (Å²) in [5.41, 5.74) is 0.430. The van der Waals surface area contributed by atoms with Crippen molar-refractivity contribution in [1.29, 1.82) is 0 Å². The summed E-state index contributed by atoms with van der Waals surface area (Å²) in [5, 5.41) is 2.50. The van der Waals surface area contributed by atoms with Gasteiger partial charge in [0.2, 0.25) is 10.0 Å². The van der Waals surface area contributed by atoms with Crippen LogP contribution in [0.2, 0.25) is 0 Å². The van der Waals surface area contributed by atoms with Crippen LogP contribution in [0.1, 0.15) is 24.2 Å². The maximum Gasteiger partial charge on any atom is 0.251 e. The number of nitrogens with zero attached hydrogens (tertiary/aromatic N) is 1. The highest BCUT2D eigenvalue weighted by Crippen LogP contribution is 2.22. The second-order valence-corrected chi connectivity index (χ2v) is 7.06. The van der Waals surface area contributed by atoms with Crippen LogP contribution < -0.4 is 5.32 Å². The summed E-state index contributed by atoms with van der Waals surface area (Å²) in [6.45, 7) is 4.39. The second kappa shape index (κ2) is 6.13. The van der Waals surface area contributed by atoms with E-state index in [0.29, 0.717) is 18.7 Å². The molecule has 0 aromatic heterocycles. The van der Waals surface area contributed by atoms with Gasteiger partial charge < -0.3 is 10.1 Å². The Hall–Kier alpha value is -1.44. The van der Waals surface area contributed by atoms with Gasteiger partial charge in [-0.15, -0.1) is 0 Å². The first-order valence-corrected chi connectivity index (χ1v) is 8.26. The van der Waals surface area contributed by atoms with E-state index in [0.717, 1.165) is 0 Å². The lowest BCUT2D eigenvalue weighted by molar-refractivity contribution is -0.0170. The standard InChI is InChI=1S/C14H20N2O4S/c1-10-9-20-11(2)8-16(10)21(18,19)13-6-4-12(5-7-13)14(17)15-3/h4-7,10-11H,8-9H2,1-3H3,(H,15,17)/t10-,11+/m0/s1. The van der Waals surface area contributed by atoms with Crippen molar-refractivity contribution in [3.8, 4) is 0 Å². The molecule has 1 aromatic rings. The number of hydrogen-bond acceptors (Lipinski definition) is 4. The molecule has 1 aromatic carbocycles. The highest BCUT2D eigenvalue weighted by Gasteiger charge is 2.34. The van der Waals surface area contributed by atoms with Crippen LogP contribution in [0.25, 0.3) is 0 Å². The molecule has 1 fully saturated rings. The molecule has 2 atom stereocenters. The van der Waals surface area contributed by atoms with E-state index in [9.17, 15) is 13.2 Å². The van der Waals surface area contributed by atoms with Gasteiger partial charge in [-0.05, 0) is 38.1 Å². The first kappa shape index (κ1) is 15.9. The van der Waals surface area contributed by atoms with Crippen molar-refractivity contribution in [2.75, 3.05) is 20.2 Å². The summed E-state index contributed by atoms with van der Waals surface area (Å²) in [6.07, 6.45) is -0.124. The molecule has 6 nitrogen and oxygen atoms in total. The number of hydrogen-bond donors (Lipinski definition) is 1. The SMILES string of the molecule is CNC(=O)c1ccc(S(=O)(=O)N2C[C@@H](C)OC[C@@H]2C)cc1. The maximum absolute atomic E-state index is 12.7. The van der Waals surface area contributed by atoms with Crippen molar-refractivity contribution in [3.05, 3.63) is 29.8 Å². The highest BCUT2D eigenvalue weighted by atomic mass is 32.2. The van der Waals surface area contributed by atoms with Crippen LogP contribution in [0.4, 0.5) is 0 Å². The van der Waals surface area contributed by atoms with Gasteiger partial charge in [-0.3, -0.25) is 4.79 Å². The molecule has 0 unspecified atom stereocenters. The number of amides is 1. The summed E-state index contributed by atoms with van der Waals surface area (Å²) in [5.74, 6) is -0.243. The number of ether oxygens (including phenoxy) is 1. The summed E-state index contributed by atoms with van der Waals surface area (Å²) in [6, 6.07) is 5.75. The highest BCUT2D eigenvalue weighted by molar-refractivity contribution is 7.89. The topological polar surface area (TPSA) is 75.7 Å². The van der Waals surface area contributed by atoms with Gasteiger partial charge in [0, 0.05) is 25.2 Å². The minimum Gasteiger partial charge on any atom is -0.375 e. The van der Waals surface area contributed by atoms with Gasteiger partial charge in [-0.1, -0.05) is 0 Å². The third kappa shape index (κ3) is 3.25. The van der Waals surface area contributed by atoms with E-state index in [1.807, 2.05) is 13.8 Å². The Labute approximate surface area is 125 Å². The van der Waals surface area contributed by atoms with Crippen LogP contribution in [-0.2, 0) is 14.8 Å². The summed E-state index contributed by atoms with van der Waals surface area (Å²) >= 11 is 0. The number of rotatable bonds is 3. The Morgan fingerprint density at radius 1 is 1.29 bits per heavy atom. The largest absolute Gasteiger partial charge is 0.375 e. The zero-order chi connectivity index (χ0) is 15.6. The number of carbonyl (C=O) groups excluding carboxylic acids is 1. The Bertz CT molecular complexity index is 612. The predicted octanol–water partition coefficient (Wildman–Crippen LogP) is 0.844. The van der Waals surface area contributed by atoms with E-state index >= 15 is 0 Å². The first-order valence-electron chi connectivity index (χ1n) is 6.82. The number of nitrogens with one attached hydrogen (secondary N) is 1. The van der Waals surface area contributed by atoms with Crippen molar-refractivity contribution >= 4 is 15.9 Å². The van der Waals surface area contributed by atoms with Crippen molar-refractivity contribution in [3.63, 3.8) is 0 Å². The van der Waals surface area contributed by atoms with Crippen molar-refractivity contribution in [1.82, 2.24) is 9.62 Å². The molecule has 1 N–H and O–H groups in total. The van der Waals surface area contributed by atoms with Crippen LogP contribution in [0.3, 0.4) is 0 Å². The Morgan fingerprint density at radius 2 is 1.90 bits per heavy atom. The van der Waals surface area contributed by atoms with Crippen molar-refractivity contribution < 1.29 is 17.9 Å². The second-order valence-electron chi connectivity index (χ2n) is 5.17. The third-order valence-electron chi connectivity index (χ3n) is 3.50. The van der Waals surface area contributed by atoms with Crippen LogP contribution in [0, 0.1) is 0 Å². The molecule has 0 aliphatic carbocycles. The molecular weight excluding hydrogens is 292 g/mol. The van der Waals surface area contributed by atoms with Gasteiger partial charge in [0.05, 0.1) is 17.6 Å². The maximum atomic E-state index is 12.7. The minimum atomic E-state index is -3.57. The summed E-state index contributed by atoms with van der Waals surface area (Å²) < 4.78 is 32.2. The summed E-state index contributed by atoms with van der Waals surface area (Å²) in [7, 11) is -2.04. The molecule has 0 saturated carbocycles. The zero-order valence-electron chi connectivity index (χ0n) is 12.4. The molecule has 1 heterocycles. The third-order valence-corrected chi connectivity index (χ3v) is 5.50. The van der Waals surface area contributed by atoms with Gasteiger partial charge in [-0.25, -0.2) is 8.42 Å². The smallest absolute Gasteiger partial charge is 0.251 e. The van der Waals surface area contributed by atoms with Gasteiger partial charge >= 0.3 is 0 Å². The van der Waals surface area contributed by atoms with Gasteiger partial charge in [0.15, 0.2) is 0 Å². The van der Waals surface area contributed by atoms with Gasteiger partial charge in [0.1, 0.15) is 0 Å². The fraction of sp³-hybridized carbons (Fsp3) is 0.500. The average Bonchev–Trinajstić information content (AvgIpc) is 2.49. The molecule has 7 heteroatoms. The molecular formula is C14H20N2O4S. The van der Waals surface area contributed by atoms with Crippen LogP contribution >= 0.6 is 0 Å². The molecule has 0 radical (unpaired) electrons. The number of morpholine rings is 1. The van der Waals surface area contributed by atoms with Crippen LogP contribution in [0.5, 0.6) is 0 Å². The molecule has 1 saturated heterocycles. The van der Waals surface area contributed by atoms with E-state index in [2.05, 4.69) is 5.32 Å². The van der Waals surface area contributed by atoms with Crippen molar-refractivity contribution in [2.45, 2.75) is 30.9 Å². The van der Waals surface area contributed by atoms with Gasteiger partial charge in [-0.2, -0.15) is 4.31 Å². The molecule has 1 amide bonds. The number of carbonyl (C=O) groups is 1. The quantitative estimate of drug-likeness (QED) is 0.897. The van der Waals surface area contributed by atoms with Crippen LogP contribution in [0.15, 0.2) is 29.2 Å². The Kier molecular flexibility index (Phi) is 4.65. The van der Waals surface area contributed by atoms with Crippen LogP contribution in [-0.4, -0.2) is 51.0 Å². The Morgan fingerprint density at radius 3 is 2.48 bits per heavy atom. The van der Waals surface area contributed by atoms with E-state index in [4.69, 9.17) is 4.74 Å². The molecule has 0 spiro atoms.